The summed E-state index contributed by atoms with van der Waals surface area (Å²) in [5.74, 6) is 1.31. The fourth-order valence-corrected chi connectivity index (χ4v) is 2.43. The molecule has 2 heterocycles. The van der Waals surface area contributed by atoms with Gasteiger partial charge in [-0.05, 0) is 18.2 Å². The van der Waals surface area contributed by atoms with Gasteiger partial charge in [-0.3, -0.25) is 0 Å². The Balaban J connectivity index is 2.10. The van der Waals surface area contributed by atoms with Crippen molar-refractivity contribution in [2.75, 3.05) is 7.11 Å². The minimum Gasteiger partial charge on any atom is -0.480 e. The molecule has 0 bridgehead atoms. The molecule has 0 atom stereocenters. The molecule has 0 spiro atoms. The van der Waals surface area contributed by atoms with Crippen molar-refractivity contribution in [3.63, 3.8) is 0 Å². The molecular formula is C12H10N2O2S. The lowest BCUT2D eigenvalue weighted by Gasteiger charge is -1.95. The van der Waals surface area contributed by atoms with E-state index in [9.17, 15) is 0 Å². The number of oxazole rings is 1. The van der Waals surface area contributed by atoms with Gasteiger partial charge >= 0.3 is 0 Å². The molecule has 86 valence electrons. The number of ether oxygens (including phenoxy) is 1. The summed E-state index contributed by atoms with van der Waals surface area (Å²) in [5, 5.41) is 2.79. The van der Waals surface area contributed by atoms with Crippen LogP contribution in [0.4, 0.5) is 0 Å². The molecular weight excluding hydrogens is 236 g/mol. The predicted octanol–water partition coefficient (Wildman–Crippen LogP) is 3.27. The minimum absolute atomic E-state index is 0.638. The maximum Gasteiger partial charge on any atom is 0.224 e. The second kappa shape index (κ2) is 3.85. The van der Waals surface area contributed by atoms with Crippen molar-refractivity contribution in [2.24, 2.45) is 0 Å². The van der Waals surface area contributed by atoms with Gasteiger partial charge in [0.2, 0.25) is 5.88 Å². The number of hydrogen-bond acceptors (Lipinski definition) is 5. The molecule has 0 amide bonds. The summed E-state index contributed by atoms with van der Waals surface area (Å²) in [6.45, 7) is 1.84. The van der Waals surface area contributed by atoms with Crippen LogP contribution in [0.3, 0.4) is 0 Å². The number of aryl methyl sites for hydroxylation is 1. The maximum absolute atomic E-state index is 5.50. The predicted molar refractivity (Wildman–Crippen MR) is 66.4 cm³/mol. The van der Waals surface area contributed by atoms with E-state index in [1.807, 2.05) is 30.5 Å². The summed E-state index contributed by atoms with van der Waals surface area (Å²) < 4.78 is 10.6. The number of aromatic nitrogens is 2. The number of benzene rings is 1. The Bertz CT molecular complexity index is 672. The number of thiazole rings is 1. The molecule has 0 aliphatic rings. The number of methoxy groups -OCH3 is 1. The van der Waals surface area contributed by atoms with Gasteiger partial charge in [0.25, 0.3) is 0 Å². The maximum atomic E-state index is 5.50. The first kappa shape index (κ1) is 10.3. The number of nitrogens with zero attached hydrogens (tertiary/aromatic N) is 2. The van der Waals surface area contributed by atoms with Crippen molar-refractivity contribution in [2.45, 2.75) is 6.92 Å². The number of fused-ring (bicyclic) bond motifs is 1. The first-order valence-electron chi connectivity index (χ1n) is 5.13. The van der Waals surface area contributed by atoms with Crippen molar-refractivity contribution in [1.82, 2.24) is 9.97 Å². The lowest BCUT2D eigenvalue weighted by molar-refractivity contribution is 0.401. The highest BCUT2D eigenvalue weighted by Gasteiger charge is 2.08. The third-order valence-corrected chi connectivity index (χ3v) is 3.30. The highest BCUT2D eigenvalue weighted by Crippen LogP contribution is 2.29. The van der Waals surface area contributed by atoms with Crippen molar-refractivity contribution >= 4 is 22.4 Å². The van der Waals surface area contributed by atoms with Gasteiger partial charge in [-0.25, -0.2) is 9.97 Å². The molecule has 0 aliphatic heterocycles. The Morgan fingerprint density at radius 3 is 2.94 bits per heavy atom. The van der Waals surface area contributed by atoms with Crippen LogP contribution in [0.1, 0.15) is 5.89 Å². The average Bonchev–Trinajstić information content (AvgIpc) is 2.92. The van der Waals surface area contributed by atoms with Crippen LogP contribution in [0, 0.1) is 6.92 Å². The first-order valence-corrected chi connectivity index (χ1v) is 6.01. The Morgan fingerprint density at radius 2 is 2.18 bits per heavy atom. The summed E-state index contributed by atoms with van der Waals surface area (Å²) in [5.41, 5.74) is 2.67. The summed E-state index contributed by atoms with van der Waals surface area (Å²) in [4.78, 5) is 8.61. The summed E-state index contributed by atoms with van der Waals surface area (Å²) in [6, 6.07) is 5.88. The largest absolute Gasteiger partial charge is 0.480 e. The number of hydrogen-bond donors (Lipinski definition) is 0. The highest BCUT2D eigenvalue weighted by atomic mass is 32.1. The first-order chi connectivity index (χ1) is 8.26. The van der Waals surface area contributed by atoms with Crippen LogP contribution in [-0.2, 0) is 0 Å². The van der Waals surface area contributed by atoms with E-state index in [4.69, 9.17) is 9.15 Å². The molecule has 0 fully saturated rings. The molecule has 4 nitrogen and oxygen atoms in total. The van der Waals surface area contributed by atoms with Crippen LogP contribution >= 0.6 is 11.3 Å². The zero-order valence-corrected chi connectivity index (χ0v) is 10.2. The third kappa shape index (κ3) is 1.78. The normalized spacial score (nSPS) is 10.9. The Hall–Kier alpha value is -1.88. The van der Waals surface area contributed by atoms with Crippen LogP contribution < -0.4 is 4.74 Å². The zero-order valence-electron chi connectivity index (χ0n) is 9.43. The van der Waals surface area contributed by atoms with Crippen molar-refractivity contribution < 1.29 is 9.15 Å². The standard InChI is InChI=1S/C12H10N2O2S/c1-7-13-9-4-3-8(5-10(9)16-7)12-14-11(15-2)6-17-12/h3-6H,1-2H3. The van der Waals surface area contributed by atoms with Gasteiger partial charge in [-0.1, -0.05) is 0 Å². The Labute approximate surface area is 102 Å². The van der Waals surface area contributed by atoms with E-state index in [0.29, 0.717) is 11.8 Å². The topological polar surface area (TPSA) is 48.2 Å². The third-order valence-electron chi connectivity index (χ3n) is 2.43. The average molecular weight is 246 g/mol. The molecule has 0 radical (unpaired) electrons. The van der Waals surface area contributed by atoms with Gasteiger partial charge in [0.15, 0.2) is 11.5 Å². The van der Waals surface area contributed by atoms with Crippen LogP contribution in [0.15, 0.2) is 28.0 Å². The van der Waals surface area contributed by atoms with E-state index in [1.165, 1.54) is 0 Å². The lowest BCUT2D eigenvalue weighted by atomic mass is 10.2. The fourth-order valence-electron chi connectivity index (χ4n) is 1.66. The molecule has 5 heteroatoms. The second-order valence-corrected chi connectivity index (χ2v) is 4.47. The van der Waals surface area contributed by atoms with E-state index < -0.39 is 0 Å². The van der Waals surface area contributed by atoms with Crippen molar-refractivity contribution in [1.29, 1.82) is 0 Å². The molecule has 0 aliphatic carbocycles. The van der Waals surface area contributed by atoms with Gasteiger partial charge in [0.05, 0.1) is 12.5 Å². The molecule has 0 saturated carbocycles. The smallest absolute Gasteiger partial charge is 0.224 e. The minimum atomic E-state index is 0.638. The summed E-state index contributed by atoms with van der Waals surface area (Å²) in [7, 11) is 1.61. The molecule has 1 aromatic carbocycles. The van der Waals surface area contributed by atoms with Crippen molar-refractivity contribution in [3.8, 4) is 16.5 Å². The zero-order chi connectivity index (χ0) is 11.8. The van der Waals surface area contributed by atoms with Gasteiger partial charge in [0, 0.05) is 12.5 Å². The van der Waals surface area contributed by atoms with E-state index >= 15 is 0 Å². The second-order valence-electron chi connectivity index (χ2n) is 3.61. The fraction of sp³-hybridized carbons (Fsp3) is 0.167. The summed E-state index contributed by atoms with van der Waals surface area (Å²) >= 11 is 1.54. The van der Waals surface area contributed by atoms with Gasteiger partial charge in [-0.15, -0.1) is 11.3 Å². The Morgan fingerprint density at radius 1 is 1.29 bits per heavy atom. The highest BCUT2D eigenvalue weighted by molar-refractivity contribution is 7.13. The molecule has 3 aromatic rings. The SMILES string of the molecule is COc1csc(-c2ccc3nc(C)oc3c2)n1. The molecule has 0 unspecified atom stereocenters. The van der Waals surface area contributed by atoms with Crippen LogP contribution in [0.25, 0.3) is 21.7 Å². The molecule has 0 saturated heterocycles. The van der Waals surface area contributed by atoms with E-state index in [1.54, 1.807) is 18.4 Å². The van der Waals surface area contributed by atoms with Gasteiger partial charge in [0.1, 0.15) is 10.5 Å². The molecule has 2 aromatic heterocycles. The van der Waals surface area contributed by atoms with Crippen molar-refractivity contribution in [3.05, 3.63) is 29.5 Å². The Kier molecular flexibility index (Phi) is 2.33. The molecule has 3 rings (SSSR count). The van der Waals surface area contributed by atoms with Crippen LogP contribution in [0.5, 0.6) is 5.88 Å². The monoisotopic (exact) mass is 246 g/mol. The van der Waals surface area contributed by atoms with E-state index in [2.05, 4.69) is 9.97 Å². The quantitative estimate of drug-likeness (QED) is 0.696. The van der Waals surface area contributed by atoms with Gasteiger partial charge < -0.3 is 9.15 Å². The van der Waals surface area contributed by atoms with E-state index in [-0.39, 0.29) is 0 Å². The van der Waals surface area contributed by atoms with Crippen LogP contribution in [0.2, 0.25) is 0 Å². The van der Waals surface area contributed by atoms with E-state index in [0.717, 1.165) is 21.7 Å². The van der Waals surface area contributed by atoms with Crippen LogP contribution in [-0.4, -0.2) is 17.1 Å². The lowest BCUT2D eigenvalue weighted by Crippen LogP contribution is -1.82. The number of rotatable bonds is 2. The van der Waals surface area contributed by atoms with Gasteiger partial charge in [-0.2, -0.15) is 0 Å². The summed E-state index contributed by atoms with van der Waals surface area (Å²) in [6.07, 6.45) is 0. The molecule has 17 heavy (non-hydrogen) atoms. The molecule has 0 N–H and O–H groups in total.